The molecule has 3 rings (SSSR count). The van der Waals surface area contributed by atoms with Crippen molar-refractivity contribution in [3.05, 3.63) is 73.9 Å². The maximum absolute atomic E-state index is 11.6. The van der Waals surface area contributed by atoms with Crippen molar-refractivity contribution >= 4 is 60.6 Å². The van der Waals surface area contributed by atoms with Gasteiger partial charge in [0.25, 0.3) is 0 Å². The van der Waals surface area contributed by atoms with E-state index in [4.69, 9.17) is 0 Å². The molecule has 1 aromatic heterocycles. The normalized spacial score (nSPS) is 10.3. The monoisotopic (exact) mass is 463 g/mol. The summed E-state index contributed by atoms with van der Waals surface area (Å²) in [6, 6.07) is 14.5. The summed E-state index contributed by atoms with van der Waals surface area (Å²) in [6.45, 7) is 0. The molecule has 2 aromatic carbocycles. The lowest BCUT2D eigenvalue weighted by molar-refractivity contribution is -0.383. The van der Waals surface area contributed by atoms with Crippen LogP contribution in [-0.4, -0.2) is 14.9 Å². The van der Waals surface area contributed by atoms with E-state index in [0.717, 1.165) is 8.95 Å². The molecule has 0 atom stereocenters. The number of nitro groups is 1. The van der Waals surface area contributed by atoms with Gasteiger partial charge in [-0.1, -0.05) is 44.0 Å². The highest BCUT2D eigenvalue weighted by molar-refractivity contribution is 9.10. The van der Waals surface area contributed by atoms with Crippen molar-refractivity contribution in [2.45, 2.75) is 0 Å². The lowest BCUT2D eigenvalue weighted by atomic mass is 10.3. The Bertz CT molecular complexity index is 870. The zero-order valence-corrected chi connectivity index (χ0v) is 15.8. The van der Waals surface area contributed by atoms with Crippen LogP contribution < -0.4 is 10.6 Å². The van der Waals surface area contributed by atoms with Crippen LogP contribution in [0.2, 0.25) is 0 Å². The van der Waals surface area contributed by atoms with E-state index < -0.39 is 4.92 Å². The van der Waals surface area contributed by atoms with E-state index in [1.165, 1.54) is 6.33 Å². The lowest BCUT2D eigenvalue weighted by Gasteiger charge is -2.10. The third-order valence-electron chi connectivity index (χ3n) is 3.18. The van der Waals surface area contributed by atoms with Crippen LogP contribution in [0.25, 0.3) is 0 Å². The van der Waals surface area contributed by atoms with Crippen LogP contribution >= 0.6 is 31.9 Å². The van der Waals surface area contributed by atoms with Crippen LogP contribution in [0.3, 0.4) is 0 Å². The summed E-state index contributed by atoms with van der Waals surface area (Å²) >= 11 is 6.73. The first kappa shape index (κ1) is 17.3. The zero-order chi connectivity index (χ0) is 17.8. The number of halogens is 2. The highest BCUT2D eigenvalue weighted by atomic mass is 79.9. The molecule has 0 fully saturated rings. The average Bonchev–Trinajstić information content (AvgIpc) is 2.55. The number of anilines is 4. The van der Waals surface area contributed by atoms with Crippen molar-refractivity contribution in [2.75, 3.05) is 10.6 Å². The SMILES string of the molecule is O=[N+]([O-])c1c(Nc2cccc(Br)c2)ncnc1Nc1cccc(Br)c1. The summed E-state index contributed by atoms with van der Waals surface area (Å²) in [7, 11) is 0. The molecule has 0 bridgehead atoms. The largest absolute Gasteiger partial charge is 0.353 e. The molecule has 0 amide bonds. The second-order valence-electron chi connectivity index (χ2n) is 4.95. The molecule has 25 heavy (non-hydrogen) atoms. The average molecular weight is 465 g/mol. The first-order valence-corrected chi connectivity index (χ1v) is 8.66. The summed E-state index contributed by atoms with van der Waals surface area (Å²) in [5, 5.41) is 17.5. The molecule has 9 heteroatoms. The van der Waals surface area contributed by atoms with Gasteiger partial charge in [-0.3, -0.25) is 10.1 Å². The van der Waals surface area contributed by atoms with E-state index in [-0.39, 0.29) is 17.3 Å². The van der Waals surface area contributed by atoms with Crippen molar-refractivity contribution in [2.24, 2.45) is 0 Å². The first-order valence-electron chi connectivity index (χ1n) is 7.07. The van der Waals surface area contributed by atoms with Crippen LogP contribution in [0, 0.1) is 10.1 Å². The molecule has 0 saturated heterocycles. The molecule has 7 nitrogen and oxygen atoms in total. The Kier molecular flexibility index (Phi) is 5.25. The summed E-state index contributed by atoms with van der Waals surface area (Å²) < 4.78 is 1.70. The number of hydrogen-bond donors (Lipinski definition) is 2. The maximum Gasteiger partial charge on any atom is 0.353 e. The molecule has 2 N–H and O–H groups in total. The molecular weight excluding hydrogens is 454 g/mol. The van der Waals surface area contributed by atoms with Gasteiger partial charge in [0.05, 0.1) is 4.92 Å². The summed E-state index contributed by atoms with van der Waals surface area (Å²) in [5.74, 6) is 0.214. The van der Waals surface area contributed by atoms with E-state index in [1.54, 1.807) is 24.3 Å². The molecule has 0 aliphatic rings. The minimum Gasteiger partial charge on any atom is -0.334 e. The molecule has 1 heterocycles. The summed E-state index contributed by atoms with van der Waals surface area (Å²) in [6.07, 6.45) is 1.27. The Morgan fingerprint density at radius 1 is 0.880 bits per heavy atom. The number of rotatable bonds is 5. The van der Waals surface area contributed by atoms with Gasteiger partial charge in [-0.25, -0.2) is 9.97 Å². The number of aromatic nitrogens is 2. The van der Waals surface area contributed by atoms with Crippen molar-refractivity contribution in [1.29, 1.82) is 0 Å². The van der Waals surface area contributed by atoms with Crippen LogP contribution in [-0.2, 0) is 0 Å². The molecule has 0 radical (unpaired) electrons. The maximum atomic E-state index is 11.6. The van der Waals surface area contributed by atoms with Gasteiger partial charge in [-0.2, -0.15) is 0 Å². The Morgan fingerprint density at radius 2 is 1.36 bits per heavy atom. The predicted molar refractivity (Wildman–Crippen MR) is 104 cm³/mol. The van der Waals surface area contributed by atoms with Crippen molar-refractivity contribution in [3.63, 3.8) is 0 Å². The van der Waals surface area contributed by atoms with Gasteiger partial charge in [0, 0.05) is 20.3 Å². The number of hydrogen-bond acceptors (Lipinski definition) is 6. The third-order valence-corrected chi connectivity index (χ3v) is 4.17. The van der Waals surface area contributed by atoms with Gasteiger partial charge >= 0.3 is 5.69 Å². The number of nitrogens with zero attached hydrogens (tertiary/aromatic N) is 3. The molecule has 0 spiro atoms. The summed E-state index contributed by atoms with van der Waals surface area (Å²) in [5.41, 5.74) is 1.11. The predicted octanol–water partition coefficient (Wildman–Crippen LogP) is 5.40. The highest BCUT2D eigenvalue weighted by Crippen LogP contribution is 2.33. The van der Waals surface area contributed by atoms with Gasteiger partial charge in [-0.15, -0.1) is 0 Å². The fourth-order valence-electron chi connectivity index (χ4n) is 2.14. The van der Waals surface area contributed by atoms with Gasteiger partial charge in [-0.05, 0) is 36.4 Å². The molecule has 126 valence electrons. The molecule has 0 saturated carbocycles. The van der Waals surface area contributed by atoms with Crippen LogP contribution in [0.15, 0.2) is 63.8 Å². The van der Waals surface area contributed by atoms with Crippen LogP contribution in [0.5, 0.6) is 0 Å². The summed E-state index contributed by atoms with van der Waals surface area (Å²) in [4.78, 5) is 19.1. The zero-order valence-electron chi connectivity index (χ0n) is 12.6. The number of benzene rings is 2. The van der Waals surface area contributed by atoms with Gasteiger partial charge in [0.1, 0.15) is 6.33 Å². The second kappa shape index (κ2) is 7.58. The standard InChI is InChI=1S/C16H11Br2N5O2/c17-10-3-1-5-12(7-10)21-15-14(23(24)25)16(20-9-19-15)22-13-6-2-4-11(18)8-13/h1-9H,(H2,19,20,21,22). The Balaban J connectivity index is 1.98. The molecular formula is C16H11Br2N5O2. The minimum absolute atomic E-state index is 0.107. The Morgan fingerprint density at radius 3 is 1.76 bits per heavy atom. The Labute approximate surface area is 159 Å². The van der Waals surface area contributed by atoms with Gasteiger partial charge < -0.3 is 10.6 Å². The fourth-order valence-corrected chi connectivity index (χ4v) is 2.94. The van der Waals surface area contributed by atoms with E-state index in [0.29, 0.717) is 11.4 Å². The first-order chi connectivity index (χ1) is 12.0. The van der Waals surface area contributed by atoms with E-state index >= 15 is 0 Å². The van der Waals surface area contributed by atoms with E-state index in [1.807, 2.05) is 24.3 Å². The highest BCUT2D eigenvalue weighted by Gasteiger charge is 2.23. The topological polar surface area (TPSA) is 93.0 Å². The third kappa shape index (κ3) is 4.31. The van der Waals surface area contributed by atoms with E-state index in [9.17, 15) is 10.1 Å². The van der Waals surface area contributed by atoms with Crippen molar-refractivity contribution in [3.8, 4) is 0 Å². The molecule has 0 unspecified atom stereocenters. The van der Waals surface area contributed by atoms with Crippen molar-refractivity contribution < 1.29 is 4.92 Å². The van der Waals surface area contributed by atoms with Gasteiger partial charge in [0.2, 0.25) is 11.6 Å². The molecule has 0 aliphatic carbocycles. The van der Waals surface area contributed by atoms with Crippen molar-refractivity contribution in [1.82, 2.24) is 9.97 Å². The van der Waals surface area contributed by atoms with E-state index in [2.05, 4.69) is 52.5 Å². The van der Waals surface area contributed by atoms with Crippen LogP contribution in [0.4, 0.5) is 28.7 Å². The fraction of sp³-hybridized carbons (Fsp3) is 0. The quantitative estimate of drug-likeness (QED) is 0.388. The minimum atomic E-state index is -0.513. The smallest absolute Gasteiger partial charge is 0.334 e. The lowest BCUT2D eigenvalue weighted by Crippen LogP contribution is -2.05. The molecule has 0 aliphatic heterocycles. The second-order valence-corrected chi connectivity index (χ2v) is 6.78. The number of nitrogens with one attached hydrogen (secondary N) is 2. The van der Waals surface area contributed by atoms with Crippen LogP contribution in [0.1, 0.15) is 0 Å². The Hall–Kier alpha value is -2.52. The van der Waals surface area contributed by atoms with Gasteiger partial charge in [0.15, 0.2) is 0 Å². The molecule has 3 aromatic rings.